The molecule has 0 amide bonds. The molecular formula is C20H30FN3O2. The number of aromatic nitrogens is 2. The van der Waals surface area contributed by atoms with Crippen molar-refractivity contribution in [1.29, 1.82) is 0 Å². The van der Waals surface area contributed by atoms with Gasteiger partial charge in [-0.25, -0.2) is 9.37 Å². The van der Waals surface area contributed by atoms with Crippen molar-refractivity contribution in [1.82, 2.24) is 9.97 Å². The number of nitrogens with zero attached hydrogens (tertiary/aromatic N) is 1. The lowest BCUT2D eigenvalue weighted by Gasteiger charge is -2.18. The lowest BCUT2D eigenvalue weighted by atomic mass is 10.1. The molecule has 1 aromatic carbocycles. The van der Waals surface area contributed by atoms with Crippen molar-refractivity contribution < 1.29 is 14.2 Å². The van der Waals surface area contributed by atoms with Gasteiger partial charge in [0.25, 0.3) is 0 Å². The molecule has 0 radical (unpaired) electrons. The van der Waals surface area contributed by atoms with E-state index in [1.54, 1.807) is 19.1 Å². The summed E-state index contributed by atoms with van der Waals surface area (Å²) in [5.74, 6) is 0.555. The van der Waals surface area contributed by atoms with Gasteiger partial charge in [-0.05, 0) is 25.5 Å². The van der Waals surface area contributed by atoms with E-state index in [9.17, 15) is 9.50 Å². The van der Waals surface area contributed by atoms with E-state index in [1.165, 1.54) is 37.9 Å². The quantitative estimate of drug-likeness (QED) is 0.524. The average molecular weight is 363 g/mol. The van der Waals surface area contributed by atoms with Crippen molar-refractivity contribution in [3.8, 4) is 17.0 Å². The first-order valence-corrected chi connectivity index (χ1v) is 9.36. The van der Waals surface area contributed by atoms with E-state index in [-0.39, 0.29) is 12.4 Å². The Bertz CT molecular complexity index is 685. The molecule has 0 saturated carbocycles. The maximum absolute atomic E-state index is 14.4. The Balaban J connectivity index is 1.91. The maximum Gasteiger partial charge on any atom is 0.136 e. The van der Waals surface area contributed by atoms with Crippen LogP contribution in [-0.4, -0.2) is 28.3 Å². The Morgan fingerprint density at radius 3 is 2.65 bits per heavy atom. The van der Waals surface area contributed by atoms with Crippen LogP contribution in [0.1, 0.15) is 58.2 Å². The standard InChI is InChI=1S/C20H30FN3O2/c1-3-4-5-6-7-8-11-26-15-9-10-16(17(21)12-15)18-13-23-19(24-18)20(2,22)14-25/h9-10,12-13,25H,3-8,11,14,22H2,1-2H3,(H,23,24). The number of hydrogen-bond acceptors (Lipinski definition) is 4. The molecule has 1 heterocycles. The van der Waals surface area contributed by atoms with Gasteiger partial charge in [-0.2, -0.15) is 0 Å². The van der Waals surface area contributed by atoms with E-state index in [0.717, 1.165) is 12.8 Å². The summed E-state index contributed by atoms with van der Waals surface area (Å²) in [6, 6.07) is 4.81. The number of benzene rings is 1. The molecule has 6 heteroatoms. The van der Waals surface area contributed by atoms with Crippen molar-refractivity contribution in [2.45, 2.75) is 57.9 Å². The number of aromatic amines is 1. The fourth-order valence-corrected chi connectivity index (χ4v) is 2.70. The molecule has 26 heavy (non-hydrogen) atoms. The smallest absolute Gasteiger partial charge is 0.136 e. The highest BCUT2D eigenvalue weighted by Crippen LogP contribution is 2.26. The number of nitrogens with two attached hydrogens (primary N) is 1. The summed E-state index contributed by atoms with van der Waals surface area (Å²) in [6.07, 6.45) is 8.65. The molecule has 0 fully saturated rings. The highest BCUT2D eigenvalue weighted by atomic mass is 19.1. The molecule has 0 aliphatic rings. The number of halogens is 1. The van der Waals surface area contributed by atoms with E-state index in [0.29, 0.717) is 29.4 Å². The Labute approximate surface area is 154 Å². The fourth-order valence-electron chi connectivity index (χ4n) is 2.70. The normalized spacial score (nSPS) is 13.6. The van der Waals surface area contributed by atoms with E-state index < -0.39 is 5.54 Å². The summed E-state index contributed by atoms with van der Waals surface area (Å²) in [5.41, 5.74) is 5.86. The lowest BCUT2D eigenvalue weighted by molar-refractivity contribution is 0.204. The minimum Gasteiger partial charge on any atom is -0.493 e. The number of nitrogens with one attached hydrogen (secondary N) is 1. The minimum atomic E-state index is -0.991. The number of imidazole rings is 1. The van der Waals surface area contributed by atoms with E-state index in [2.05, 4.69) is 16.9 Å². The number of aliphatic hydroxyl groups is 1. The number of aliphatic hydroxyl groups excluding tert-OH is 1. The van der Waals surface area contributed by atoms with Gasteiger partial charge in [-0.1, -0.05) is 39.0 Å². The second-order valence-corrected chi connectivity index (χ2v) is 6.98. The summed E-state index contributed by atoms with van der Waals surface area (Å²) in [4.78, 5) is 7.13. The fraction of sp³-hybridized carbons (Fsp3) is 0.550. The second-order valence-electron chi connectivity index (χ2n) is 6.98. The molecule has 2 rings (SSSR count). The van der Waals surface area contributed by atoms with Gasteiger partial charge in [0.2, 0.25) is 0 Å². The van der Waals surface area contributed by atoms with Gasteiger partial charge in [0, 0.05) is 11.6 Å². The Morgan fingerprint density at radius 2 is 1.96 bits per heavy atom. The van der Waals surface area contributed by atoms with E-state index >= 15 is 0 Å². The number of ether oxygens (including phenoxy) is 1. The topological polar surface area (TPSA) is 84.2 Å². The zero-order valence-electron chi connectivity index (χ0n) is 15.7. The Kier molecular flexibility index (Phi) is 7.60. The molecular weight excluding hydrogens is 333 g/mol. The summed E-state index contributed by atoms with van der Waals surface area (Å²) in [5, 5.41) is 9.31. The van der Waals surface area contributed by atoms with Crippen LogP contribution in [0.4, 0.5) is 4.39 Å². The number of hydrogen-bond donors (Lipinski definition) is 3. The molecule has 0 saturated heterocycles. The second kappa shape index (κ2) is 9.69. The molecule has 1 unspecified atom stereocenters. The molecule has 0 bridgehead atoms. The van der Waals surface area contributed by atoms with Gasteiger partial charge >= 0.3 is 0 Å². The first kappa shape index (κ1) is 20.4. The summed E-state index contributed by atoms with van der Waals surface area (Å²) in [7, 11) is 0. The monoisotopic (exact) mass is 363 g/mol. The molecule has 1 aromatic heterocycles. The van der Waals surface area contributed by atoms with Gasteiger partial charge in [-0.3, -0.25) is 0 Å². The van der Waals surface area contributed by atoms with Gasteiger partial charge in [-0.15, -0.1) is 0 Å². The van der Waals surface area contributed by atoms with Crippen LogP contribution in [0.25, 0.3) is 11.3 Å². The minimum absolute atomic E-state index is 0.256. The SMILES string of the molecule is CCCCCCCCOc1ccc(-c2cnc(C(C)(N)CO)[nH]2)c(F)c1. The van der Waals surface area contributed by atoms with Crippen molar-refractivity contribution in [2.75, 3.05) is 13.2 Å². The van der Waals surface area contributed by atoms with E-state index in [1.807, 2.05) is 0 Å². The predicted molar refractivity (Wildman–Crippen MR) is 101 cm³/mol. The highest BCUT2D eigenvalue weighted by Gasteiger charge is 2.24. The molecule has 5 nitrogen and oxygen atoms in total. The molecule has 1 atom stereocenters. The third kappa shape index (κ3) is 5.54. The van der Waals surface area contributed by atoms with E-state index in [4.69, 9.17) is 10.5 Å². The van der Waals surface area contributed by atoms with Crippen LogP contribution in [0, 0.1) is 5.82 Å². The highest BCUT2D eigenvalue weighted by molar-refractivity contribution is 5.60. The van der Waals surface area contributed by atoms with Gasteiger partial charge < -0.3 is 20.6 Å². The van der Waals surface area contributed by atoms with Gasteiger partial charge in [0.15, 0.2) is 0 Å². The molecule has 0 spiro atoms. The molecule has 0 aliphatic carbocycles. The van der Waals surface area contributed by atoms with Crippen molar-refractivity contribution in [3.05, 3.63) is 36.0 Å². The summed E-state index contributed by atoms with van der Waals surface area (Å²) < 4.78 is 20.1. The first-order valence-electron chi connectivity index (χ1n) is 9.36. The van der Waals surface area contributed by atoms with Crippen LogP contribution in [-0.2, 0) is 5.54 Å². The number of H-pyrrole nitrogens is 1. The van der Waals surface area contributed by atoms with Crippen molar-refractivity contribution >= 4 is 0 Å². The van der Waals surface area contributed by atoms with Crippen LogP contribution in [0.3, 0.4) is 0 Å². The van der Waals surface area contributed by atoms with Gasteiger partial charge in [0.1, 0.15) is 17.4 Å². The molecule has 144 valence electrons. The Morgan fingerprint density at radius 1 is 1.23 bits per heavy atom. The number of rotatable bonds is 11. The molecule has 2 aromatic rings. The van der Waals surface area contributed by atoms with Crippen LogP contribution in [0.2, 0.25) is 0 Å². The average Bonchev–Trinajstić information content (AvgIpc) is 3.12. The largest absolute Gasteiger partial charge is 0.493 e. The number of unbranched alkanes of at least 4 members (excludes halogenated alkanes) is 5. The van der Waals surface area contributed by atoms with Gasteiger partial charge in [0.05, 0.1) is 30.6 Å². The lowest BCUT2D eigenvalue weighted by Crippen LogP contribution is -2.38. The zero-order valence-corrected chi connectivity index (χ0v) is 15.7. The summed E-state index contributed by atoms with van der Waals surface area (Å²) >= 11 is 0. The van der Waals surface area contributed by atoms with Crippen LogP contribution in [0.5, 0.6) is 5.75 Å². The summed E-state index contributed by atoms with van der Waals surface area (Å²) in [6.45, 7) is 4.20. The third-order valence-electron chi connectivity index (χ3n) is 4.44. The van der Waals surface area contributed by atoms with Crippen molar-refractivity contribution in [2.24, 2.45) is 5.73 Å². The Hall–Kier alpha value is -1.92. The van der Waals surface area contributed by atoms with Crippen LogP contribution < -0.4 is 10.5 Å². The molecule has 4 N–H and O–H groups in total. The first-order chi connectivity index (χ1) is 12.5. The third-order valence-corrected chi connectivity index (χ3v) is 4.44. The molecule has 0 aliphatic heterocycles. The van der Waals surface area contributed by atoms with Crippen LogP contribution in [0.15, 0.2) is 24.4 Å². The maximum atomic E-state index is 14.4. The zero-order chi connectivity index (χ0) is 19.0. The van der Waals surface area contributed by atoms with Crippen molar-refractivity contribution in [3.63, 3.8) is 0 Å². The predicted octanol–water partition coefficient (Wildman–Crippen LogP) is 4.12. The van der Waals surface area contributed by atoms with Crippen LogP contribution >= 0.6 is 0 Å².